The molecule has 2 unspecified atom stereocenters. The Balaban J connectivity index is 2.32. The quantitative estimate of drug-likeness (QED) is 0.584. The minimum absolute atomic E-state index is 0.717. The van der Waals surface area contributed by atoms with E-state index in [-0.39, 0.29) is 0 Å². The van der Waals surface area contributed by atoms with E-state index in [0.29, 0.717) is 5.41 Å². The van der Waals surface area contributed by atoms with Gasteiger partial charge in [-0.2, -0.15) is 0 Å². The van der Waals surface area contributed by atoms with Crippen molar-refractivity contribution >= 4 is 0 Å². The first-order chi connectivity index (χ1) is 5.70. The molecule has 1 aliphatic carbocycles. The van der Waals surface area contributed by atoms with Gasteiger partial charge in [-0.05, 0) is 37.0 Å². The predicted octanol–water partition coefficient (Wildman–Crippen LogP) is 4.39. The van der Waals surface area contributed by atoms with Gasteiger partial charge in [0, 0.05) is 0 Å². The van der Waals surface area contributed by atoms with Crippen molar-refractivity contribution in [2.24, 2.45) is 11.3 Å². The van der Waals surface area contributed by atoms with E-state index < -0.39 is 0 Å². The Kier molecular flexibility index (Phi) is 3.61. The summed E-state index contributed by atoms with van der Waals surface area (Å²) < 4.78 is 0. The van der Waals surface area contributed by atoms with Crippen LogP contribution >= 0.6 is 0 Å². The molecule has 1 aliphatic rings. The molecule has 0 aromatic heterocycles. The summed E-state index contributed by atoms with van der Waals surface area (Å²) >= 11 is 0. The Labute approximate surface area is 77.7 Å². The van der Waals surface area contributed by atoms with E-state index in [1.54, 1.807) is 0 Å². The number of rotatable bonds is 4. The molecular formula is C12H24. The highest BCUT2D eigenvalue weighted by Gasteiger charge is 2.33. The first-order valence-corrected chi connectivity index (χ1v) is 5.70. The maximum Gasteiger partial charge on any atom is -0.0323 e. The lowest BCUT2D eigenvalue weighted by molar-refractivity contribution is 0.287. The molecule has 0 heterocycles. The van der Waals surface area contributed by atoms with Crippen molar-refractivity contribution in [3.63, 3.8) is 0 Å². The van der Waals surface area contributed by atoms with Crippen LogP contribution in [0.2, 0.25) is 0 Å². The molecule has 0 saturated heterocycles. The summed E-state index contributed by atoms with van der Waals surface area (Å²) in [4.78, 5) is 0. The summed E-state index contributed by atoms with van der Waals surface area (Å²) in [5.74, 6) is 1.06. The van der Waals surface area contributed by atoms with Gasteiger partial charge in [-0.3, -0.25) is 0 Å². The lowest BCUT2D eigenvalue weighted by Gasteiger charge is -2.23. The molecule has 0 N–H and O–H groups in total. The van der Waals surface area contributed by atoms with Crippen molar-refractivity contribution in [1.29, 1.82) is 0 Å². The Hall–Kier alpha value is 0. The second-order valence-corrected chi connectivity index (χ2v) is 4.96. The molecular weight excluding hydrogens is 144 g/mol. The summed E-state index contributed by atoms with van der Waals surface area (Å²) in [6.07, 6.45) is 10.2. The van der Waals surface area contributed by atoms with Gasteiger partial charge in [0.1, 0.15) is 0 Å². The maximum atomic E-state index is 2.49. The van der Waals surface area contributed by atoms with Crippen LogP contribution < -0.4 is 0 Å². The minimum Gasteiger partial charge on any atom is -0.0654 e. The molecule has 0 aromatic carbocycles. The zero-order chi connectivity index (χ0) is 9.03. The van der Waals surface area contributed by atoms with Crippen molar-refractivity contribution < 1.29 is 0 Å². The minimum atomic E-state index is 0.717. The van der Waals surface area contributed by atoms with Crippen molar-refractivity contribution in [1.82, 2.24) is 0 Å². The van der Waals surface area contributed by atoms with Gasteiger partial charge in [-0.1, -0.05) is 40.0 Å². The lowest BCUT2D eigenvalue weighted by atomic mass is 9.83. The van der Waals surface area contributed by atoms with E-state index in [1.165, 1.54) is 44.9 Å². The average Bonchev–Trinajstić information content (AvgIpc) is 2.34. The number of hydrogen-bond acceptors (Lipinski definition) is 0. The SMILES string of the molecule is CCCC1CCC(C)(CCC)C1. The fraction of sp³-hybridized carbons (Fsp3) is 1.00. The Bertz CT molecular complexity index is 128. The molecule has 2 atom stereocenters. The van der Waals surface area contributed by atoms with Crippen LogP contribution in [0.1, 0.15) is 65.7 Å². The summed E-state index contributed by atoms with van der Waals surface area (Å²) in [6.45, 7) is 7.13. The lowest BCUT2D eigenvalue weighted by Crippen LogP contribution is -2.11. The van der Waals surface area contributed by atoms with E-state index >= 15 is 0 Å². The summed E-state index contributed by atoms with van der Waals surface area (Å²) in [5, 5.41) is 0. The van der Waals surface area contributed by atoms with Gasteiger partial charge in [0.05, 0.1) is 0 Å². The molecule has 1 rings (SSSR count). The standard InChI is InChI=1S/C12H24/c1-4-6-11-7-9-12(3,10-11)8-5-2/h11H,4-10H2,1-3H3. The molecule has 0 bridgehead atoms. The van der Waals surface area contributed by atoms with Gasteiger partial charge in [0.15, 0.2) is 0 Å². The summed E-state index contributed by atoms with van der Waals surface area (Å²) in [5.41, 5.74) is 0.717. The second kappa shape index (κ2) is 4.30. The Morgan fingerprint density at radius 1 is 1.25 bits per heavy atom. The smallest absolute Gasteiger partial charge is 0.0323 e. The topological polar surface area (TPSA) is 0 Å². The predicted molar refractivity (Wildman–Crippen MR) is 55.3 cm³/mol. The van der Waals surface area contributed by atoms with Crippen molar-refractivity contribution in [2.75, 3.05) is 0 Å². The normalized spacial score (nSPS) is 35.8. The van der Waals surface area contributed by atoms with Gasteiger partial charge < -0.3 is 0 Å². The van der Waals surface area contributed by atoms with Crippen molar-refractivity contribution in [3.05, 3.63) is 0 Å². The van der Waals surface area contributed by atoms with Crippen LogP contribution in [0.4, 0.5) is 0 Å². The summed E-state index contributed by atoms with van der Waals surface area (Å²) in [6, 6.07) is 0. The van der Waals surface area contributed by atoms with Gasteiger partial charge in [0.25, 0.3) is 0 Å². The molecule has 0 radical (unpaired) electrons. The van der Waals surface area contributed by atoms with E-state index in [4.69, 9.17) is 0 Å². The summed E-state index contributed by atoms with van der Waals surface area (Å²) in [7, 11) is 0. The Morgan fingerprint density at radius 2 is 2.00 bits per heavy atom. The van der Waals surface area contributed by atoms with Gasteiger partial charge in [-0.25, -0.2) is 0 Å². The second-order valence-electron chi connectivity index (χ2n) is 4.96. The molecule has 72 valence electrons. The Morgan fingerprint density at radius 3 is 2.58 bits per heavy atom. The molecule has 1 saturated carbocycles. The molecule has 1 fully saturated rings. The average molecular weight is 168 g/mol. The molecule has 12 heavy (non-hydrogen) atoms. The van der Waals surface area contributed by atoms with Crippen LogP contribution in [-0.4, -0.2) is 0 Å². The van der Waals surface area contributed by atoms with Crippen molar-refractivity contribution in [3.8, 4) is 0 Å². The first-order valence-electron chi connectivity index (χ1n) is 5.70. The third kappa shape index (κ3) is 2.50. The fourth-order valence-electron chi connectivity index (χ4n) is 2.94. The van der Waals surface area contributed by atoms with Crippen LogP contribution in [0.15, 0.2) is 0 Å². The van der Waals surface area contributed by atoms with Crippen LogP contribution in [0, 0.1) is 11.3 Å². The zero-order valence-electron chi connectivity index (χ0n) is 9.03. The first kappa shape index (κ1) is 10.1. The van der Waals surface area contributed by atoms with E-state index in [1.807, 2.05) is 0 Å². The monoisotopic (exact) mass is 168 g/mol. The maximum absolute atomic E-state index is 2.49. The van der Waals surface area contributed by atoms with Gasteiger partial charge >= 0.3 is 0 Å². The van der Waals surface area contributed by atoms with E-state index in [9.17, 15) is 0 Å². The van der Waals surface area contributed by atoms with Crippen LogP contribution in [-0.2, 0) is 0 Å². The van der Waals surface area contributed by atoms with E-state index in [2.05, 4.69) is 20.8 Å². The van der Waals surface area contributed by atoms with Gasteiger partial charge in [0.2, 0.25) is 0 Å². The highest BCUT2D eigenvalue weighted by atomic mass is 14.4. The molecule has 0 nitrogen and oxygen atoms in total. The van der Waals surface area contributed by atoms with Crippen LogP contribution in [0.3, 0.4) is 0 Å². The zero-order valence-corrected chi connectivity index (χ0v) is 9.03. The molecule has 0 heteroatoms. The largest absolute Gasteiger partial charge is 0.0654 e. The van der Waals surface area contributed by atoms with Gasteiger partial charge in [-0.15, -0.1) is 0 Å². The highest BCUT2D eigenvalue weighted by molar-refractivity contribution is 4.84. The van der Waals surface area contributed by atoms with Crippen molar-refractivity contribution in [2.45, 2.75) is 65.7 Å². The van der Waals surface area contributed by atoms with E-state index in [0.717, 1.165) is 5.92 Å². The van der Waals surface area contributed by atoms with Crippen LogP contribution in [0.5, 0.6) is 0 Å². The van der Waals surface area contributed by atoms with Crippen LogP contribution in [0.25, 0.3) is 0 Å². The molecule has 0 aromatic rings. The third-order valence-corrected chi connectivity index (χ3v) is 3.49. The fourth-order valence-corrected chi connectivity index (χ4v) is 2.94. The molecule has 0 spiro atoms. The molecule has 0 amide bonds. The molecule has 0 aliphatic heterocycles. The highest BCUT2D eigenvalue weighted by Crippen LogP contribution is 2.46. The third-order valence-electron chi connectivity index (χ3n) is 3.49. The number of hydrogen-bond donors (Lipinski definition) is 0.